The Morgan fingerprint density at radius 1 is 1.38 bits per heavy atom. The van der Waals surface area contributed by atoms with Gasteiger partial charge in [0.05, 0.1) is 5.92 Å². The summed E-state index contributed by atoms with van der Waals surface area (Å²) in [4.78, 5) is 12.1. The number of amides is 1. The molecule has 0 aromatic rings. The second-order valence-electron chi connectivity index (χ2n) is 6.08. The van der Waals surface area contributed by atoms with Crippen LogP contribution in [-0.4, -0.2) is 24.5 Å². The summed E-state index contributed by atoms with van der Waals surface area (Å²) in [6.45, 7) is 7.62. The summed E-state index contributed by atoms with van der Waals surface area (Å²) in [6.07, 6.45) is 4.61. The van der Waals surface area contributed by atoms with Crippen molar-refractivity contribution in [2.75, 3.05) is 6.54 Å². The van der Waals surface area contributed by atoms with E-state index in [1.165, 1.54) is 12.8 Å². The molecule has 16 heavy (non-hydrogen) atoms. The maximum absolute atomic E-state index is 12.1. The Balaban J connectivity index is 1.92. The highest BCUT2D eigenvalue weighted by Gasteiger charge is 2.38. The average Bonchev–Trinajstić information content (AvgIpc) is 2.74. The summed E-state index contributed by atoms with van der Waals surface area (Å²) < 4.78 is 0. The molecule has 3 unspecified atom stereocenters. The van der Waals surface area contributed by atoms with Gasteiger partial charge in [-0.2, -0.15) is 0 Å². The van der Waals surface area contributed by atoms with Crippen molar-refractivity contribution in [2.24, 2.45) is 11.3 Å². The molecule has 1 heterocycles. The molecular weight excluding hydrogens is 200 g/mol. The molecule has 0 aromatic heterocycles. The van der Waals surface area contributed by atoms with Gasteiger partial charge in [0.1, 0.15) is 0 Å². The SMILES string of the molecule is CC1NCCC1C(=O)NC1CCCC1(C)C. The van der Waals surface area contributed by atoms with Gasteiger partial charge in [0.2, 0.25) is 5.91 Å². The number of carbonyl (C=O) groups excluding carboxylic acids is 1. The first-order chi connectivity index (χ1) is 7.50. The third kappa shape index (κ3) is 2.24. The standard InChI is InChI=1S/C13H24N2O/c1-9-10(6-8-14-9)12(16)15-11-5-4-7-13(11,2)3/h9-11,14H,4-8H2,1-3H3,(H,15,16). The summed E-state index contributed by atoms with van der Waals surface area (Å²) >= 11 is 0. The van der Waals surface area contributed by atoms with Gasteiger partial charge in [-0.15, -0.1) is 0 Å². The third-order valence-electron chi connectivity index (χ3n) is 4.44. The van der Waals surface area contributed by atoms with Crippen molar-refractivity contribution >= 4 is 5.91 Å². The Bertz CT molecular complexity index is 275. The molecule has 92 valence electrons. The molecule has 1 amide bonds. The molecule has 1 saturated carbocycles. The fourth-order valence-corrected chi connectivity index (χ4v) is 3.09. The molecule has 2 rings (SSSR count). The quantitative estimate of drug-likeness (QED) is 0.749. The zero-order valence-corrected chi connectivity index (χ0v) is 10.7. The minimum Gasteiger partial charge on any atom is -0.353 e. The molecule has 2 aliphatic rings. The summed E-state index contributed by atoms with van der Waals surface area (Å²) in [5, 5.41) is 6.60. The van der Waals surface area contributed by atoms with Gasteiger partial charge < -0.3 is 10.6 Å². The zero-order chi connectivity index (χ0) is 11.8. The van der Waals surface area contributed by atoms with Crippen LogP contribution >= 0.6 is 0 Å². The van der Waals surface area contributed by atoms with Crippen LogP contribution < -0.4 is 10.6 Å². The van der Waals surface area contributed by atoms with E-state index in [0.29, 0.717) is 12.1 Å². The van der Waals surface area contributed by atoms with Gasteiger partial charge in [0.15, 0.2) is 0 Å². The predicted octanol–water partition coefficient (Wildman–Crippen LogP) is 1.68. The van der Waals surface area contributed by atoms with Gasteiger partial charge in [-0.05, 0) is 38.1 Å². The Kier molecular flexibility index (Phi) is 3.24. The Labute approximate surface area is 98.4 Å². The van der Waals surface area contributed by atoms with Crippen LogP contribution in [0.25, 0.3) is 0 Å². The monoisotopic (exact) mass is 224 g/mol. The Morgan fingerprint density at radius 3 is 2.62 bits per heavy atom. The minimum absolute atomic E-state index is 0.177. The topological polar surface area (TPSA) is 41.1 Å². The lowest BCUT2D eigenvalue weighted by molar-refractivity contribution is -0.126. The van der Waals surface area contributed by atoms with E-state index in [1.807, 2.05) is 0 Å². The molecule has 1 saturated heterocycles. The number of rotatable bonds is 2. The first-order valence-electron chi connectivity index (χ1n) is 6.54. The first-order valence-corrected chi connectivity index (χ1v) is 6.54. The van der Waals surface area contributed by atoms with Crippen LogP contribution in [0.5, 0.6) is 0 Å². The molecule has 1 aliphatic heterocycles. The second kappa shape index (κ2) is 4.36. The molecule has 0 spiro atoms. The van der Waals surface area contributed by atoms with E-state index in [-0.39, 0.29) is 17.2 Å². The van der Waals surface area contributed by atoms with E-state index in [2.05, 4.69) is 31.4 Å². The molecule has 0 aromatic carbocycles. The molecule has 2 fully saturated rings. The molecule has 3 heteroatoms. The lowest BCUT2D eigenvalue weighted by Gasteiger charge is -2.29. The summed E-state index contributed by atoms with van der Waals surface area (Å²) in [5.74, 6) is 0.439. The van der Waals surface area contributed by atoms with E-state index in [0.717, 1.165) is 19.4 Å². The lowest BCUT2D eigenvalue weighted by atomic mass is 9.87. The van der Waals surface area contributed by atoms with Gasteiger partial charge in [0, 0.05) is 12.1 Å². The maximum atomic E-state index is 12.1. The van der Waals surface area contributed by atoms with Gasteiger partial charge >= 0.3 is 0 Å². The summed E-state index contributed by atoms with van der Waals surface area (Å²) in [5.41, 5.74) is 0.283. The van der Waals surface area contributed by atoms with Gasteiger partial charge in [-0.1, -0.05) is 20.3 Å². The Morgan fingerprint density at radius 2 is 2.12 bits per heavy atom. The molecule has 3 nitrogen and oxygen atoms in total. The van der Waals surface area contributed by atoms with Crippen LogP contribution in [0.1, 0.15) is 46.5 Å². The fraction of sp³-hybridized carbons (Fsp3) is 0.923. The van der Waals surface area contributed by atoms with Crippen LogP contribution in [0.2, 0.25) is 0 Å². The maximum Gasteiger partial charge on any atom is 0.224 e. The van der Waals surface area contributed by atoms with Crippen LogP contribution in [0.15, 0.2) is 0 Å². The number of hydrogen-bond acceptors (Lipinski definition) is 2. The number of carbonyl (C=O) groups is 1. The van der Waals surface area contributed by atoms with Crippen LogP contribution in [0, 0.1) is 11.3 Å². The molecule has 0 bridgehead atoms. The zero-order valence-electron chi connectivity index (χ0n) is 10.7. The van der Waals surface area contributed by atoms with E-state index in [1.54, 1.807) is 0 Å². The second-order valence-corrected chi connectivity index (χ2v) is 6.08. The van der Waals surface area contributed by atoms with Crippen LogP contribution in [-0.2, 0) is 4.79 Å². The number of nitrogens with one attached hydrogen (secondary N) is 2. The van der Waals surface area contributed by atoms with E-state index in [9.17, 15) is 4.79 Å². The average molecular weight is 224 g/mol. The fourth-order valence-electron chi connectivity index (χ4n) is 3.09. The van der Waals surface area contributed by atoms with Gasteiger partial charge in [0.25, 0.3) is 0 Å². The molecule has 2 N–H and O–H groups in total. The molecule has 1 aliphatic carbocycles. The Hall–Kier alpha value is -0.570. The highest BCUT2D eigenvalue weighted by molar-refractivity contribution is 5.80. The van der Waals surface area contributed by atoms with Crippen LogP contribution in [0.3, 0.4) is 0 Å². The predicted molar refractivity (Wildman–Crippen MR) is 65.1 cm³/mol. The van der Waals surface area contributed by atoms with Crippen molar-refractivity contribution in [1.29, 1.82) is 0 Å². The van der Waals surface area contributed by atoms with E-state index < -0.39 is 0 Å². The first kappa shape index (κ1) is 11.9. The summed E-state index contributed by atoms with van der Waals surface area (Å²) in [7, 11) is 0. The number of hydrogen-bond donors (Lipinski definition) is 2. The normalized spacial score (nSPS) is 37.6. The van der Waals surface area contributed by atoms with Gasteiger partial charge in [-0.3, -0.25) is 4.79 Å². The lowest BCUT2D eigenvalue weighted by Crippen LogP contribution is -2.46. The minimum atomic E-state index is 0.177. The molecule has 3 atom stereocenters. The van der Waals surface area contributed by atoms with Crippen molar-refractivity contribution < 1.29 is 4.79 Å². The molecule has 0 radical (unpaired) electrons. The van der Waals surface area contributed by atoms with Crippen molar-refractivity contribution in [3.8, 4) is 0 Å². The third-order valence-corrected chi connectivity index (χ3v) is 4.44. The molecular formula is C13H24N2O. The van der Waals surface area contributed by atoms with Crippen molar-refractivity contribution in [2.45, 2.75) is 58.5 Å². The smallest absolute Gasteiger partial charge is 0.224 e. The van der Waals surface area contributed by atoms with E-state index in [4.69, 9.17) is 0 Å². The summed E-state index contributed by atoms with van der Waals surface area (Å²) in [6, 6.07) is 0.720. The van der Waals surface area contributed by atoms with Crippen molar-refractivity contribution in [3.05, 3.63) is 0 Å². The van der Waals surface area contributed by atoms with Crippen molar-refractivity contribution in [1.82, 2.24) is 10.6 Å². The van der Waals surface area contributed by atoms with E-state index >= 15 is 0 Å². The highest BCUT2D eigenvalue weighted by atomic mass is 16.2. The van der Waals surface area contributed by atoms with Crippen molar-refractivity contribution in [3.63, 3.8) is 0 Å². The van der Waals surface area contributed by atoms with Crippen LogP contribution in [0.4, 0.5) is 0 Å². The largest absolute Gasteiger partial charge is 0.353 e. The van der Waals surface area contributed by atoms with Gasteiger partial charge in [-0.25, -0.2) is 0 Å². The highest BCUT2D eigenvalue weighted by Crippen LogP contribution is 2.37.